The van der Waals surface area contributed by atoms with Crippen molar-refractivity contribution in [3.63, 3.8) is 0 Å². The fourth-order valence-electron chi connectivity index (χ4n) is 4.09. The molecule has 0 aliphatic rings. The average Bonchev–Trinajstić information content (AvgIpc) is 2.93. The molecule has 7 nitrogen and oxygen atoms in total. The summed E-state index contributed by atoms with van der Waals surface area (Å²) in [6.07, 6.45) is 1.98. The molecule has 3 aromatic rings. The minimum Gasteiger partial charge on any atom is -0.354 e. The van der Waals surface area contributed by atoms with Crippen LogP contribution < -0.4 is 9.62 Å². The van der Waals surface area contributed by atoms with E-state index in [4.69, 9.17) is 11.6 Å². The maximum Gasteiger partial charge on any atom is 0.264 e. The highest BCUT2D eigenvalue weighted by Crippen LogP contribution is 2.26. The Labute approximate surface area is 234 Å². The highest BCUT2D eigenvalue weighted by Gasteiger charge is 2.33. The first-order chi connectivity index (χ1) is 18.7. The third-order valence-electron chi connectivity index (χ3n) is 6.24. The number of halogens is 2. The molecule has 0 aliphatic carbocycles. The zero-order chi connectivity index (χ0) is 28.4. The van der Waals surface area contributed by atoms with Crippen molar-refractivity contribution in [1.29, 1.82) is 0 Å². The number of nitrogens with one attached hydrogen (secondary N) is 1. The molecule has 0 radical (unpaired) electrons. The molecule has 0 unspecified atom stereocenters. The van der Waals surface area contributed by atoms with Crippen LogP contribution >= 0.6 is 11.6 Å². The van der Waals surface area contributed by atoms with E-state index in [1.807, 2.05) is 6.92 Å². The molecule has 3 rings (SSSR count). The van der Waals surface area contributed by atoms with Gasteiger partial charge in [-0.15, -0.1) is 0 Å². The highest BCUT2D eigenvalue weighted by molar-refractivity contribution is 7.92. The Morgan fingerprint density at radius 2 is 1.59 bits per heavy atom. The van der Waals surface area contributed by atoms with Crippen LogP contribution in [0.5, 0.6) is 0 Å². The summed E-state index contributed by atoms with van der Waals surface area (Å²) in [6, 6.07) is 18.7. The van der Waals surface area contributed by atoms with E-state index in [0.29, 0.717) is 23.6 Å². The van der Waals surface area contributed by atoms with Crippen molar-refractivity contribution in [2.24, 2.45) is 0 Å². The summed E-state index contributed by atoms with van der Waals surface area (Å²) >= 11 is 6.39. The summed E-state index contributed by atoms with van der Waals surface area (Å²) in [7, 11) is -4.21. The summed E-state index contributed by atoms with van der Waals surface area (Å²) in [6.45, 7) is 3.65. The normalized spacial score (nSPS) is 12.0. The van der Waals surface area contributed by atoms with Crippen LogP contribution in [-0.2, 0) is 26.2 Å². The number of carbonyl (C=O) groups is 2. The first kappa shape index (κ1) is 30.1. The van der Waals surface area contributed by atoms with Gasteiger partial charge in [0, 0.05) is 18.1 Å². The Bertz CT molecular complexity index is 1350. The maximum absolute atomic E-state index is 13.9. The zero-order valence-electron chi connectivity index (χ0n) is 22.0. The molecule has 0 bridgehead atoms. The third-order valence-corrected chi connectivity index (χ3v) is 8.40. The number of sulfonamides is 1. The van der Waals surface area contributed by atoms with Gasteiger partial charge in [0.1, 0.15) is 18.4 Å². The van der Waals surface area contributed by atoms with Crippen molar-refractivity contribution >= 4 is 39.1 Å². The van der Waals surface area contributed by atoms with E-state index in [9.17, 15) is 22.4 Å². The van der Waals surface area contributed by atoms with Gasteiger partial charge >= 0.3 is 0 Å². The molecule has 0 heterocycles. The molecule has 1 atom stereocenters. The van der Waals surface area contributed by atoms with Crippen molar-refractivity contribution in [1.82, 2.24) is 10.2 Å². The van der Waals surface area contributed by atoms with Crippen LogP contribution in [0, 0.1) is 5.82 Å². The van der Waals surface area contributed by atoms with Crippen LogP contribution in [0.1, 0.15) is 38.7 Å². The van der Waals surface area contributed by atoms with E-state index < -0.39 is 34.3 Å². The molecule has 39 heavy (non-hydrogen) atoms. The smallest absolute Gasteiger partial charge is 0.264 e. The molecule has 0 saturated carbocycles. The van der Waals surface area contributed by atoms with E-state index in [2.05, 4.69) is 5.32 Å². The lowest BCUT2D eigenvalue weighted by Crippen LogP contribution is -2.52. The molecule has 0 saturated heterocycles. The summed E-state index contributed by atoms with van der Waals surface area (Å²) < 4.78 is 42.0. The van der Waals surface area contributed by atoms with Crippen LogP contribution in [0.4, 0.5) is 10.1 Å². The van der Waals surface area contributed by atoms with Gasteiger partial charge in [0.25, 0.3) is 10.0 Å². The van der Waals surface area contributed by atoms with Gasteiger partial charge < -0.3 is 10.2 Å². The fraction of sp³-hybridized carbons (Fsp3) is 0.310. The van der Waals surface area contributed by atoms with Gasteiger partial charge in [-0.3, -0.25) is 13.9 Å². The Hall–Kier alpha value is -3.43. The van der Waals surface area contributed by atoms with Crippen LogP contribution in [0.3, 0.4) is 0 Å². The molecular formula is C29H33ClFN3O4S. The Morgan fingerprint density at radius 3 is 2.21 bits per heavy atom. The molecule has 10 heteroatoms. The van der Waals surface area contributed by atoms with Crippen molar-refractivity contribution in [3.8, 4) is 0 Å². The lowest BCUT2D eigenvalue weighted by atomic mass is 10.1. The number of benzene rings is 3. The summed E-state index contributed by atoms with van der Waals surface area (Å²) in [4.78, 5) is 28.5. The number of amides is 2. The van der Waals surface area contributed by atoms with E-state index in [0.717, 1.165) is 29.3 Å². The monoisotopic (exact) mass is 573 g/mol. The SMILES string of the molecule is CCCCNC(=O)[C@@H](CC)N(Cc1ccccc1Cl)C(=O)CN(c1ccc(F)cc1)S(=O)(=O)c1ccccc1. The van der Waals surface area contributed by atoms with Gasteiger partial charge in [-0.1, -0.05) is 68.3 Å². The predicted octanol–water partition coefficient (Wildman–Crippen LogP) is 5.40. The Balaban J connectivity index is 2.02. The Morgan fingerprint density at radius 1 is 0.949 bits per heavy atom. The second-order valence-electron chi connectivity index (χ2n) is 8.98. The molecule has 208 valence electrons. The zero-order valence-corrected chi connectivity index (χ0v) is 23.6. The van der Waals surface area contributed by atoms with Gasteiger partial charge in [-0.2, -0.15) is 0 Å². The summed E-state index contributed by atoms with van der Waals surface area (Å²) in [5.41, 5.74) is 0.735. The first-order valence-electron chi connectivity index (χ1n) is 12.8. The van der Waals surface area contributed by atoms with Crippen molar-refractivity contribution < 1.29 is 22.4 Å². The number of hydrogen-bond donors (Lipinski definition) is 1. The second-order valence-corrected chi connectivity index (χ2v) is 11.3. The van der Waals surface area contributed by atoms with E-state index in [1.165, 1.54) is 29.2 Å². The van der Waals surface area contributed by atoms with E-state index >= 15 is 0 Å². The van der Waals surface area contributed by atoms with E-state index in [1.54, 1.807) is 49.4 Å². The fourth-order valence-corrected chi connectivity index (χ4v) is 5.72. The number of rotatable bonds is 13. The van der Waals surface area contributed by atoms with Gasteiger partial charge in [-0.05, 0) is 60.9 Å². The molecule has 0 fully saturated rings. The molecule has 1 N–H and O–H groups in total. The van der Waals surface area contributed by atoms with Crippen molar-refractivity contribution in [3.05, 3.63) is 95.3 Å². The Kier molecular flexibility index (Phi) is 10.9. The van der Waals surface area contributed by atoms with Gasteiger partial charge in [0.15, 0.2) is 0 Å². The van der Waals surface area contributed by atoms with Crippen LogP contribution in [-0.4, -0.2) is 44.3 Å². The molecule has 0 spiro atoms. The number of anilines is 1. The number of unbranched alkanes of at least 4 members (excludes halogenated alkanes) is 1. The topological polar surface area (TPSA) is 86.8 Å². The second kappa shape index (κ2) is 14.1. The molecule has 3 aromatic carbocycles. The van der Waals surface area contributed by atoms with Gasteiger partial charge in [-0.25, -0.2) is 12.8 Å². The molecule has 0 aromatic heterocycles. The van der Waals surface area contributed by atoms with Crippen LogP contribution in [0.15, 0.2) is 83.8 Å². The minimum atomic E-state index is -4.21. The molecule has 2 amide bonds. The number of hydrogen-bond acceptors (Lipinski definition) is 4. The average molecular weight is 574 g/mol. The lowest BCUT2D eigenvalue weighted by Gasteiger charge is -2.33. The third kappa shape index (κ3) is 7.80. The lowest BCUT2D eigenvalue weighted by molar-refractivity contribution is -0.140. The van der Waals surface area contributed by atoms with Gasteiger partial charge in [0.05, 0.1) is 10.6 Å². The predicted molar refractivity (Wildman–Crippen MR) is 151 cm³/mol. The molecule has 0 aliphatic heterocycles. The van der Waals surface area contributed by atoms with E-state index in [-0.39, 0.29) is 23.0 Å². The standard InChI is InChI=1S/C29H33ClFN3O4S/c1-3-5-19-32-29(36)27(4-2)33(20-22-11-9-10-14-26(22)30)28(35)21-34(24-17-15-23(31)16-18-24)39(37,38)25-12-7-6-8-13-25/h6-18,27H,3-5,19-21H2,1-2H3,(H,32,36)/t27-/m1/s1. The van der Waals surface area contributed by atoms with Crippen molar-refractivity contribution in [2.45, 2.75) is 50.6 Å². The highest BCUT2D eigenvalue weighted by atomic mass is 35.5. The van der Waals surface area contributed by atoms with Gasteiger partial charge in [0.2, 0.25) is 11.8 Å². The molecular weight excluding hydrogens is 541 g/mol. The number of nitrogens with zero attached hydrogens (tertiary/aromatic N) is 2. The first-order valence-corrected chi connectivity index (χ1v) is 14.6. The quantitative estimate of drug-likeness (QED) is 0.277. The summed E-state index contributed by atoms with van der Waals surface area (Å²) in [5, 5.41) is 3.30. The maximum atomic E-state index is 13.9. The van der Waals surface area contributed by atoms with Crippen molar-refractivity contribution in [2.75, 3.05) is 17.4 Å². The largest absolute Gasteiger partial charge is 0.354 e. The number of carbonyl (C=O) groups excluding carboxylic acids is 2. The van der Waals surface area contributed by atoms with Crippen LogP contribution in [0.2, 0.25) is 5.02 Å². The summed E-state index contributed by atoms with van der Waals surface area (Å²) in [5.74, 6) is -1.47. The minimum absolute atomic E-state index is 0.000847. The van der Waals surface area contributed by atoms with Crippen LogP contribution in [0.25, 0.3) is 0 Å².